The molecule has 3 aromatic rings. The number of carbonyl (C=O) groups is 2. The van der Waals surface area contributed by atoms with E-state index in [2.05, 4.69) is 5.32 Å². The lowest BCUT2D eigenvalue weighted by atomic mass is 10.0. The Morgan fingerprint density at radius 3 is 2.68 bits per heavy atom. The van der Waals surface area contributed by atoms with E-state index in [0.29, 0.717) is 22.7 Å². The lowest BCUT2D eigenvalue weighted by Gasteiger charge is -2.13. The molecule has 0 bridgehead atoms. The van der Waals surface area contributed by atoms with Crippen molar-refractivity contribution in [3.8, 4) is 0 Å². The van der Waals surface area contributed by atoms with Gasteiger partial charge in [-0.15, -0.1) is 0 Å². The van der Waals surface area contributed by atoms with Gasteiger partial charge in [0.2, 0.25) is 0 Å². The number of fused-ring (bicyclic) bond motifs is 2. The number of benzene rings is 2. The summed E-state index contributed by atoms with van der Waals surface area (Å²) < 4.78 is 4.70. The zero-order chi connectivity index (χ0) is 19.7. The van der Waals surface area contributed by atoms with E-state index in [9.17, 15) is 9.59 Å². The highest BCUT2D eigenvalue weighted by molar-refractivity contribution is 6.31. The van der Waals surface area contributed by atoms with Gasteiger partial charge in [-0.25, -0.2) is 4.79 Å². The minimum Gasteiger partial charge on any atom is -0.465 e. The van der Waals surface area contributed by atoms with Gasteiger partial charge in [-0.3, -0.25) is 9.78 Å². The van der Waals surface area contributed by atoms with E-state index in [0.717, 1.165) is 47.0 Å². The van der Waals surface area contributed by atoms with Crippen LogP contribution < -0.4 is 5.32 Å². The molecule has 0 saturated heterocycles. The summed E-state index contributed by atoms with van der Waals surface area (Å²) in [7, 11) is 1.35. The van der Waals surface area contributed by atoms with E-state index in [1.165, 1.54) is 7.11 Å². The number of nitrogens with zero attached hydrogens (tertiary/aromatic N) is 1. The molecule has 0 fully saturated rings. The Hall–Kier alpha value is -2.92. The van der Waals surface area contributed by atoms with Gasteiger partial charge < -0.3 is 10.1 Å². The monoisotopic (exact) mass is 394 g/mol. The van der Waals surface area contributed by atoms with Crippen LogP contribution in [0.5, 0.6) is 0 Å². The number of esters is 1. The summed E-state index contributed by atoms with van der Waals surface area (Å²) in [6.07, 6.45) is 2.74. The van der Waals surface area contributed by atoms with E-state index in [4.69, 9.17) is 21.3 Å². The first kappa shape index (κ1) is 18.4. The first-order chi connectivity index (χ1) is 13.6. The van der Waals surface area contributed by atoms with Gasteiger partial charge in [0.25, 0.3) is 5.91 Å². The molecule has 6 heteroatoms. The van der Waals surface area contributed by atoms with Crippen molar-refractivity contribution in [1.29, 1.82) is 0 Å². The third-order valence-electron chi connectivity index (χ3n) is 5.03. The fourth-order valence-corrected chi connectivity index (χ4v) is 3.81. The summed E-state index contributed by atoms with van der Waals surface area (Å²) in [5.74, 6) is -0.517. The van der Waals surface area contributed by atoms with Crippen LogP contribution in [-0.2, 0) is 24.1 Å². The Balaban J connectivity index is 1.61. The second kappa shape index (κ2) is 7.60. The normalized spacial score (nSPS) is 12.6. The lowest BCUT2D eigenvalue weighted by Crippen LogP contribution is -2.24. The predicted octanol–water partition coefficient (Wildman–Crippen LogP) is 4.09. The lowest BCUT2D eigenvalue weighted by molar-refractivity contribution is 0.0600. The fourth-order valence-electron chi connectivity index (χ4n) is 3.64. The van der Waals surface area contributed by atoms with Crippen LogP contribution in [-0.4, -0.2) is 24.0 Å². The molecule has 1 aliphatic carbocycles. The van der Waals surface area contributed by atoms with Crippen LogP contribution in [0.15, 0.2) is 42.5 Å². The molecule has 0 aliphatic heterocycles. The molecule has 2 aromatic carbocycles. The molecular formula is C22H19ClN2O3. The number of hydrogen-bond donors (Lipinski definition) is 1. The van der Waals surface area contributed by atoms with Gasteiger partial charge in [-0.05, 0) is 60.7 Å². The molecule has 1 aliphatic rings. The molecule has 28 heavy (non-hydrogen) atoms. The predicted molar refractivity (Wildman–Crippen MR) is 108 cm³/mol. The van der Waals surface area contributed by atoms with Gasteiger partial charge in [0.1, 0.15) is 0 Å². The Labute approximate surface area is 167 Å². The number of pyridine rings is 1. The van der Waals surface area contributed by atoms with Gasteiger partial charge in [0.05, 0.1) is 23.8 Å². The van der Waals surface area contributed by atoms with Crippen molar-refractivity contribution < 1.29 is 14.3 Å². The number of nitrogens with one attached hydrogen (secondary N) is 1. The largest absolute Gasteiger partial charge is 0.465 e. The van der Waals surface area contributed by atoms with Crippen LogP contribution in [0.25, 0.3) is 10.9 Å². The van der Waals surface area contributed by atoms with E-state index in [-0.39, 0.29) is 11.9 Å². The molecule has 1 heterocycles. The number of aromatic nitrogens is 1. The van der Waals surface area contributed by atoms with Crippen molar-refractivity contribution >= 4 is 34.4 Å². The van der Waals surface area contributed by atoms with Gasteiger partial charge in [0, 0.05) is 22.6 Å². The van der Waals surface area contributed by atoms with Crippen molar-refractivity contribution in [3.63, 3.8) is 0 Å². The standard InChI is InChI=1S/C22H19ClN2O3/c1-28-22(27)14-7-5-13(6-8-14)12-24-21(26)20-16-3-2-4-18(16)25-19-10-9-15(23)11-17(19)20/h5-11H,2-4,12H2,1H3,(H,24,26). The van der Waals surface area contributed by atoms with E-state index >= 15 is 0 Å². The Kier molecular flexibility index (Phi) is 5.01. The third kappa shape index (κ3) is 3.45. The minimum absolute atomic E-state index is 0.134. The average Bonchev–Trinajstić information content (AvgIpc) is 3.18. The van der Waals surface area contributed by atoms with Crippen molar-refractivity contribution in [2.24, 2.45) is 0 Å². The Morgan fingerprint density at radius 2 is 1.93 bits per heavy atom. The Bertz CT molecular complexity index is 1080. The maximum absolute atomic E-state index is 13.1. The number of methoxy groups -OCH3 is 1. The van der Waals surface area contributed by atoms with Crippen LogP contribution in [0.4, 0.5) is 0 Å². The summed E-state index contributed by atoms with van der Waals surface area (Å²) in [5.41, 5.74) is 4.86. The van der Waals surface area contributed by atoms with Crippen LogP contribution >= 0.6 is 11.6 Å². The summed E-state index contributed by atoms with van der Waals surface area (Å²) in [5, 5.41) is 4.36. The van der Waals surface area contributed by atoms with Gasteiger partial charge in [0.15, 0.2) is 0 Å². The van der Waals surface area contributed by atoms with E-state index < -0.39 is 0 Å². The molecule has 4 rings (SSSR count). The number of halogens is 1. The maximum atomic E-state index is 13.1. The first-order valence-electron chi connectivity index (χ1n) is 9.13. The van der Waals surface area contributed by atoms with Gasteiger partial charge in [-0.2, -0.15) is 0 Å². The number of carbonyl (C=O) groups excluding carboxylic acids is 2. The molecule has 1 amide bonds. The smallest absolute Gasteiger partial charge is 0.337 e. The highest BCUT2D eigenvalue weighted by Crippen LogP contribution is 2.31. The molecule has 142 valence electrons. The molecule has 1 N–H and O–H groups in total. The Morgan fingerprint density at radius 1 is 1.14 bits per heavy atom. The first-order valence-corrected chi connectivity index (χ1v) is 9.51. The second-order valence-corrected chi connectivity index (χ2v) is 7.23. The maximum Gasteiger partial charge on any atom is 0.337 e. The average molecular weight is 395 g/mol. The topological polar surface area (TPSA) is 68.3 Å². The number of amides is 1. The second-order valence-electron chi connectivity index (χ2n) is 6.80. The molecule has 5 nitrogen and oxygen atoms in total. The van der Waals surface area contributed by atoms with Crippen LogP contribution in [0.3, 0.4) is 0 Å². The quantitative estimate of drug-likeness (QED) is 0.676. The molecular weight excluding hydrogens is 376 g/mol. The van der Waals surface area contributed by atoms with Crippen molar-refractivity contribution in [1.82, 2.24) is 10.3 Å². The van der Waals surface area contributed by atoms with Crippen LogP contribution in [0, 0.1) is 0 Å². The number of ether oxygens (including phenoxy) is 1. The molecule has 0 spiro atoms. The van der Waals surface area contributed by atoms with E-state index in [1.54, 1.807) is 30.3 Å². The van der Waals surface area contributed by atoms with Crippen molar-refractivity contribution in [2.75, 3.05) is 7.11 Å². The zero-order valence-corrected chi connectivity index (χ0v) is 16.2. The number of aryl methyl sites for hydroxylation is 1. The SMILES string of the molecule is COC(=O)c1ccc(CNC(=O)c2c3c(nc4ccc(Cl)cc24)CCC3)cc1. The summed E-state index contributed by atoms with van der Waals surface area (Å²) in [6, 6.07) is 12.4. The van der Waals surface area contributed by atoms with Gasteiger partial charge in [-0.1, -0.05) is 23.7 Å². The highest BCUT2D eigenvalue weighted by Gasteiger charge is 2.23. The third-order valence-corrected chi connectivity index (χ3v) is 5.26. The molecule has 0 atom stereocenters. The number of hydrogen-bond acceptors (Lipinski definition) is 4. The molecule has 0 radical (unpaired) electrons. The highest BCUT2D eigenvalue weighted by atomic mass is 35.5. The number of rotatable bonds is 4. The van der Waals surface area contributed by atoms with E-state index in [1.807, 2.05) is 12.1 Å². The minimum atomic E-state index is -0.383. The molecule has 1 aromatic heterocycles. The van der Waals surface area contributed by atoms with Gasteiger partial charge >= 0.3 is 5.97 Å². The van der Waals surface area contributed by atoms with Crippen LogP contribution in [0.2, 0.25) is 5.02 Å². The molecule has 0 unspecified atom stereocenters. The zero-order valence-electron chi connectivity index (χ0n) is 15.4. The van der Waals surface area contributed by atoms with Crippen LogP contribution in [0.1, 0.15) is 44.0 Å². The summed E-state index contributed by atoms with van der Waals surface area (Å²) in [4.78, 5) is 29.3. The fraction of sp³-hybridized carbons (Fsp3) is 0.227. The summed E-state index contributed by atoms with van der Waals surface area (Å²) in [6.45, 7) is 0.361. The summed E-state index contributed by atoms with van der Waals surface area (Å²) >= 11 is 6.17. The van der Waals surface area contributed by atoms with Crippen molar-refractivity contribution in [3.05, 3.63) is 75.4 Å². The molecule has 0 saturated carbocycles. The van der Waals surface area contributed by atoms with Crippen molar-refractivity contribution in [2.45, 2.75) is 25.8 Å².